The molecule has 0 atom stereocenters. The number of fused-ring (bicyclic) bond motifs is 1. The Balaban J connectivity index is 1.66. The molecule has 4 nitrogen and oxygen atoms in total. The molecule has 1 heterocycles. The minimum Gasteiger partial charge on any atom is -0.476 e. The van der Waals surface area contributed by atoms with Crippen LogP contribution in [0.4, 0.5) is 17.6 Å². The molecule has 0 unspecified atom stereocenters. The van der Waals surface area contributed by atoms with Crippen molar-refractivity contribution in [2.45, 2.75) is 6.18 Å². The molecule has 5 rings (SSSR count). The average Bonchev–Trinajstić information content (AvgIpc) is 3.23. The highest BCUT2D eigenvalue weighted by molar-refractivity contribution is 6.03. The first kappa shape index (κ1) is 22.3. The van der Waals surface area contributed by atoms with Gasteiger partial charge in [-0.25, -0.2) is 13.9 Å². The number of aromatic nitrogens is 2. The topological polar surface area (TPSA) is 55.1 Å². The molecule has 0 spiro atoms. The van der Waals surface area contributed by atoms with Crippen molar-refractivity contribution in [3.05, 3.63) is 108 Å². The summed E-state index contributed by atoms with van der Waals surface area (Å²) < 4.78 is 55.0. The number of carboxylic acids is 1. The second-order valence-corrected chi connectivity index (χ2v) is 7.94. The number of carbonyl (C=O) groups is 1. The lowest BCUT2D eigenvalue weighted by molar-refractivity contribution is -0.137. The summed E-state index contributed by atoms with van der Waals surface area (Å²) in [4.78, 5) is 12.0. The summed E-state index contributed by atoms with van der Waals surface area (Å²) in [6.45, 7) is 0. The van der Waals surface area contributed by atoms with E-state index in [0.717, 1.165) is 23.3 Å². The molecule has 0 aliphatic rings. The Morgan fingerprint density at radius 3 is 2.20 bits per heavy atom. The molecule has 0 aliphatic carbocycles. The number of hydrogen-bond acceptors (Lipinski definition) is 2. The van der Waals surface area contributed by atoms with Crippen LogP contribution in [0.5, 0.6) is 0 Å². The normalized spacial score (nSPS) is 11.7. The summed E-state index contributed by atoms with van der Waals surface area (Å²) in [5.74, 6) is -2.33. The Hall–Kier alpha value is -4.46. The molecule has 1 aromatic heterocycles. The number of carboxylic acid groups (broad SMARTS) is 1. The Bertz CT molecular complexity index is 1570. The quantitative estimate of drug-likeness (QED) is 0.279. The lowest BCUT2D eigenvalue weighted by Gasteiger charge is -2.10. The molecule has 0 bridgehead atoms. The molecule has 0 saturated carbocycles. The van der Waals surface area contributed by atoms with Gasteiger partial charge in [0, 0.05) is 5.39 Å². The lowest BCUT2D eigenvalue weighted by Crippen LogP contribution is -2.05. The van der Waals surface area contributed by atoms with E-state index in [1.807, 2.05) is 48.5 Å². The van der Waals surface area contributed by atoms with Crippen molar-refractivity contribution in [2.75, 3.05) is 0 Å². The van der Waals surface area contributed by atoms with Crippen LogP contribution in [-0.4, -0.2) is 20.9 Å². The molecular weight excluding hydrogens is 460 g/mol. The number of benzene rings is 4. The summed E-state index contributed by atoms with van der Waals surface area (Å²) in [6, 6.07) is 23.7. The maximum atomic E-state index is 14.0. The first-order valence-electron chi connectivity index (χ1n) is 10.5. The molecule has 35 heavy (non-hydrogen) atoms. The Morgan fingerprint density at radius 1 is 0.771 bits per heavy atom. The fourth-order valence-corrected chi connectivity index (χ4v) is 4.02. The molecule has 174 valence electrons. The molecular formula is C27H16F4N2O2. The van der Waals surface area contributed by atoms with Crippen molar-refractivity contribution in [3.8, 4) is 27.9 Å². The third kappa shape index (κ3) is 4.26. The first-order chi connectivity index (χ1) is 16.7. The Kier molecular flexibility index (Phi) is 5.36. The molecule has 0 aliphatic heterocycles. The van der Waals surface area contributed by atoms with Gasteiger partial charge in [-0.3, -0.25) is 0 Å². The van der Waals surface area contributed by atoms with Crippen LogP contribution >= 0.6 is 0 Å². The van der Waals surface area contributed by atoms with Gasteiger partial charge in [-0.05, 0) is 64.7 Å². The van der Waals surface area contributed by atoms with Gasteiger partial charge in [0.25, 0.3) is 0 Å². The summed E-state index contributed by atoms with van der Waals surface area (Å²) in [7, 11) is 0. The van der Waals surface area contributed by atoms with E-state index in [2.05, 4.69) is 5.10 Å². The molecule has 0 fully saturated rings. The summed E-state index contributed by atoms with van der Waals surface area (Å²) >= 11 is 0. The Labute approximate surface area is 196 Å². The van der Waals surface area contributed by atoms with Crippen LogP contribution in [0.3, 0.4) is 0 Å². The van der Waals surface area contributed by atoms with E-state index >= 15 is 0 Å². The van der Waals surface area contributed by atoms with Gasteiger partial charge < -0.3 is 5.11 Å². The van der Waals surface area contributed by atoms with Gasteiger partial charge in [0.15, 0.2) is 5.69 Å². The van der Waals surface area contributed by atoms with Gasteiger partial charge in [-0.2, -0.15) is 18.3 Å². The fourth-order valence-electron chi connectivity index (χ4n) is 4.02. The summed E-state index contributed by atoms with van der Waals surface area (Å²) in [6.07, 6.45) is -4.72. The van der Waals surface area contributed by atoms with Crippen molar-refractivity contribution >= 4 is 16.9 Å². The van der Waals surface area contributed by atoms with Crippen LogP contribution in [0.25, 0.3) is 38.8 Å². The molecule has 8 heteroatoms. The molecule has 0 amide bonds. The zero-order valence-corrected chi connectivity index (χ0v) is 17.9. The van der Waals surface area contributed by atoms with Gasteiger partial charge in [0.1, 0.15) is 5.82 Å². The third-order valence-electron chi connectivity index (χ3n) is 5.64. The highest BCUT2D eigenvalue weighted by atomic mass is 19.4. The monoisotopic (exact) mass is 476 g/mol. The van der Waals surface area contributed by atoms with Gasteiger partial charge in [-0.1, -0.05) is 48.5 Å². The van der Waals surface area contributed by atoms with Crippen molar-refractivity contribution < 1.29 is 27.5 Å². The highest BCUT2D eigenvalue weighted by Gasteiger charge is 2.31. The highest BCUT2D eigenvalue weighted by Crippen LogP contribution is 2.35. The van der Waals surface area contributed by atoms with E-state index < -0.39 is 23.5 Å². The van der Waals surface area contributed by atoms with Crippen LogP contribution in [0.15, 0.2) is 91.0 Å². The number of rotatable bonds is 4. The van der Waals surface area contributed by atoms with E-state index in [9.17, 15) is 27.5 Å². The molecule has 4 aromatic carbocycles. The zero-order chi connectivity index (χ0) is 24.7. The second-order valence-electron chi connectivity index (χ2n) is 7.94. The SMILES string of the molecule is O=C(O)c1nn(-c2cccc(-c3ccccc3)c2)c2ccc(-c3cc(F)cc(C(F)(F)F)c3)cc12. The van der Waals surface area contributed by atoms with Crippen molar-refractivity contribution in [1.29, 1.82) is 0 Å². The van der Waals surface area contributed by atoms with Crippen LogP contribution in [0.2, 0.25) is 0 Å². The van der Waals surface area contributed by atoms with E-state index in [4.69, 9.17) is 0 Å². The van der Waals surface area contributed by atoms with Crippen molar-refractivity contribution in [2.24, 2.45) is 0 Å². The van der Waals surface area contributed by atoms with Gasteiger partial charge in [0.05, 0.1) is 16.8 Å². The van der Waals surface area contributed by atoms with Crippen LogP contribution < -0.4 is 0 Å². The maximum absolute atomic E-state index is 14.0. The van der Waals surface area contributed by atoms with E-state index in [-0.39, 0.29) is 22.2 Å². The van der Waals surface area contributed by atoms with Crippen LogP contribution in [0.1, 0.15) is 16.1 Å². The smallest absolute Gasteiger partial charge is 0.416 e. The minimum atomic E-state index is -4.72. The number of halogens is 4. The number of alkyl halides is 3. The van der Waals surface area contributed by atoms with E-state index in [1.54, 1.807) is 12.1 Å². The van der Waals surface area contributed by atoms with E-state index in [0.29, 0.717) is 17.3 Å². The average molecular weight is 476 g/mol. The second kappa shape index (κ2) is 8.39. The largest absolute Gasteiger partial charge is 0.476 e. The maximum Gasteiger partial charge on any atom is 0.416 e. The molecule has 0 radical (unpaired) electrons. The first-order valence-corrected chi connectivity index (χ1v) is 10.5. The Morgan fingerprint density at radius 2 is 1.49 bits per heavy atom. The van der Waals surface area contributed by atoms with Crippen molar-refractivity contribution in [1.82, 2.24) is 9.78 Å². The molecule has 1 N–H and O–H groups in total. The fraction of sp³-hybridized carbons (Fsp3) is 0.0370. The van der Waals surface area contributed by atoms with Crippen LogP contribution in [-0.2, 0) is 6.18 Å². The van der Waals surface area contributed by atoms with Gasteiger partial charge >= 0.3 is 12.1 Å². The van der Waals surface area contributed by atoms with Crippen LogP contribution in [0, 0.1) is 5.82 Å². The molecule has 5 aromatic rings. The number of hydrogen-bond donors (Lipinski definition) is 1. The third-order valence-corrected chi connectivity index (χ3v) is 5.64. The molecule has 0 saturated heterocycles. The number of aromatic carboxylic acids is 1. The minimum absolute atomic E-state index is 0.0191. The standard InChI is InChI=1S/C27H16F4N2O2/c28-21-12-19(11-20(15-21)27(29,30)31)18-9-10-24-23(14-18)25(26(34)35)32-33(24)22-8-4-7-17(13-22)16-5-2-1-3-6-16/h1-15H,(H,34,35). The predicted octanol–water partition coefficient (Wildman–Crippen LogP) is 7.22. The lowest BCUT2D eigenvalue weighted by atomic mass is 10.0. The zero-order valence-electron chi connectivity index (χ0n) is 17.9. The van der Waals surface area contributed by atoms with Gasteiger partial charge in [0.2, 0.25) is 0 Å². The predicted molar refractivity (Wildman–Crippen MR) is 124 cm³/mol. The summed E-state index contributed by atoms with van der Waals surface area (Å²) in [5, 5.41) is 14.2. The summed E-state index contributed by atoms with van der Waals surface area (Å²) in [5.41, 5.74) is 1.76. The van der Waals surface area contributed by atoms with Gasteiger partial charge in [-0.15, -0.1) is 0 Å². The van der Waals surface area contributed by atoms with E-state index in [1.165, 1.54) is 16.8 Å². The van der Waals surface area contributed by atoms with Crippen molar-refractivity contribution in [3.63, 3.8) is 0 Å². The number of nitrogens with zero attached hydrogens (tertiary/aromatic N) is 2.